The van der Waals surface area contributed by atoms with Gasteiger partial charge in [0, 0.05) is 0 Å². The molecule has 3 rings (SSSR count). The molecule has 1 fully saturated rings. The Balaban J connectivity index is 1.82. The van der Waals surface area contributed by atoms with Gasteiger partial charge in [0.25, 0.3) is 0 Å². The number of para-hydroxylation sites is 2. The summed E-state index contributed by atoms with van der Waals surface area (Å²) in [6.45, 7) is -0.536. The van der Waals surface area contributed by atoms with Gasteiger partial charge in [-0.3, -0.25) is 4.52 Å². The van der Waals surface area contributed by atoms with Crippen molar-refractivity contribution in [1.29, 1.82) is 0 Å². The summed E-state index contributed by atoms with van der Waals surface area (Å²) in [5, 5.41) is 20.1. The summed E-state index contributed by atoms with van der Waals surface area (Å²) in [6, 6.07) is 7.19. The predicted molar refractivity (Wildman–Crippen MR) is 73.7 cm³/mol. The van der Waals surface area contributed by atoms with Gasteiger partial charge >= 0.3 is 7.82 Å². The summed E-state index contributed by atoms with van der Waals surface area (Å²) < 4.78 is 22.1. The van der Waals surface area contributed by atoms with Crippen molar-refractivity contribution >= 4 is 18.9 Å². The van der Waals surface area contributed by atoms with Gasteiger partial charge in [-0.15, -0.1) is 0 Å². The Hall–Kier alpha value is -1.32. The van der Waals surface area contributed by atoms with Crippen LogP contribution in [0, 0.1) is 0 Å². The Morgan fingerprint density at radius 2 is 2.00 bits per heavy atom. The van der Waals surface area contributed by atoms with Crippen molar-refractivity contribution in [3.8, 4) is 0 Å². The number of phosphoric ester groups is 1. The van der Waals surface area contributed by atoms with Crippen LogP contribution in [-0.4, -0.2) is 54.5 Å². The van der Waals surface area contributed by atoms with Crippen LogP contribution in [0.4, 0.5) is 0 Å². The van der Waals surface area contributed by atoms with E-state index in [4.69, 9.17) is 14.5 Å². The Morgan fingerprint density at radius 1 is 1.27 bits per heavy atom. The summed E-state index contributed by atoms with van der Waals surface area (Å²) in [5.41, 5.74) is 1.40. The predicted octanol–water partition coefficient (Wildman–Crippen LogP) is -0.235. The van der Waals surface area contributed by atoms with Crippen LogP contribution in [0.3, 0.4) is 0 Å². The molecule has 0 unspecified atom stereocenters. The molecule has 4 atom stereocenters. The number of hydrogen-bond donors (Lipinski definition) is 4. The molecular weight excluding hydrogens is 315 g/mol. The van der Waals surface area contributed by atoms with Crippen LogP contribution in [-0.2, 0) is 13.8 Å². The first kappa shape index (κ1) is 15.6. The number of aliphatic hydroxyl groups excluding tert-OH is 2. The zero-order valence-corrected chi connectivity index (χ0v) is 12.2. The Kier molecular flexibility index (Phi) is 4.04. The van der Waals surface area contributed by atoms with E-state index in [-0.39, 0.29) is 0 Å². The van der Waals surface area contributed by atoms with E-state index in [1.165, 1.54) is 6.33 Å². The highest BCUT2D eigenvalue weighted by Crippen LogP contribution is 2.38. The number of nitrogens with zero attached hydrogens (tertiary/aromatic N) is 2. The third-order valence-electron chi connectivity index (χ3n) is 3.50. The van der Waals surface area contributed by atoms with E-state index >= 15 is 0 Å². The lowest BCUT2D eigenvalue weighted by molar-refractivity contribution is -0.0501. The molecule has 2 aromatic rings. The summed E-state index contributed by atoms with van der Waals surface area (Å²) >= 11 is 0. The molecule has 0 bridgehead atoms. The molecule has 2 heterocycles. The van der Waals surface area contributed by atoms with Crippen LogP contribution in [0.5, 0.6) is 0 Å². The lowest BCUT2D eigenvalue weighted by atomic mass is 10.1. The molecule has 1 saturated heterocycles. The van der Waals surface area contributed by atoms with Crippen molar-refractivity contribution < 1.29 is 33.8 Å². The number of aromatic nitrogens is 2. The van der Waals surface area contributed by atoms with E-state index < -0.39 is 39.0 Å². The third kappa shape index (κ3) is 2.92. The van der Waals surface area contributed by atoms with Gasteiger partial charge in [-0.1, -0.05) is 12.1 Å². The molecular formula is C12H15N2O7P. The minimum absolute atomic E-state index is 0.536. The molecule has 0 aliphatic carbocycles. The second-order valence-corrected chi connectivity index (χ2v) is 6.21. The third-order valence-corrected chi connectivity index (χ3v) is 3.98. The Morgan fingerprint density at radius 3 is 2.73 bits per heavy atom. The Labute approximate surface area is 125 Å². The molecule has 0 radical (unpaired) electrons. The average Bonchev–Trinajstić information content (AvgIpc) is 3.00. The number of rotatable bonds is 4. The molecule has 4 N–H and O–H groups in total. The fraction of sp³-hybridized carbons (Fsp3) is 0.417. The topological polar surface area (TPSA) is 134 Å². The number of fused-ring (bicyclic) bond motifs is 1. The van der Waals surface area contributed by atoms with E-state index in [0.29, 0.717) is 11.0 Å². The van der Waals surface area contributed by atoms with Gasteiger partial charge in [0.05, 0.1) is 24.0 Å². The smallest absolute Gasteiger partial charge is 0.387 e. The van der Waals surface area contributed by atoms with Crippen molar-refractivity contribution in [2.24, 2.45) is 0 Å². The van der Waals surface area contributed by atoms with Gasteiger partial charge in [0.15, 0.2) is 6.23 Å². The van der Waals surface area contributed by atoms with Gasteiger partial charge in [0.1, 0.15) is 18.3 Å². The van der Waals surface area contributed by atoms with Crippen LogP contribution in [0.1, 0.15) is 6.23 Å². The number of phosphoric acid groups is 1. The molecule has 0 amide bonds. The monoisotopic (exact) mass is 330 g/mol. The molecule has 0 spiro atoms. The molecule has 1 aliphatic rings. The number of benzene rings is 1. The summed E-state index contributed by atoms with van der Waals surface area (Å²) in [4.78, 5) is 21.6. The summed E-state index contributed by atoms with van der Waals surface area (Å²) in [6.07, 6.45) is -3.13. The van der Waals surface area contributed by atoms with Gasteiger partial charge in [-0.2, -0.15) is 0 Å². The second-order valence-electron chi connectivity index (χ2n) is 4.97. The van der Waals surface area contributed by atoms with E-state index in [0.717, 1.165) is 0 Å². The lowest BCUT2D eigenvalue weighted by Crippen LogP contribution is -2.33. The number of ether oxygens (including phenoxy) is 1. The number of imidazole rings is 1. The fourth-order valence-corrected chi connectivity index (χ4v) is 2.79. The van der Waals surface area contributed by atoms with E-state index in [1.54, 1.807) is 22.8 Å². The quantitative estimate of drug-likeness (QED) is 0.565. The molecule has 1 aromatic heterocycles. The minimum atomic E-state index is -4.68. The molecule has 10 heteroatoms. The van der Waals surface area contributed by atoms with E-state index in [9.17, 15) is 14.8 Å². The van der Waals surface area contributed by atoms with Crippen molar-refractivity contribution in [3.63, 3.8) is 0 Å². The second kappa shape index (κ2) is 5.71. The average molecular weight is 330 g/mol. The first-order valence-electron chi connectivity index (χ1n) is 6.50. The highest BCUT2D eigenvalue weighted by Gasteiger charge is 2.44. The summed E-state index contributed by atoms with van der Waals surface area (Å²) in [7, 11) is -4.68. The number of aliphatic hydroxyl groups is 2. The maximum atomic E-state index is 10.7. The summed E-state index contributed by atoms with van der Waals surface area (Å²) in [5.74, 6) is 0. The molecule has 1 aliphatic heterocycles. The first-order valence-corrected chi connectivity index (χ1v) is 8.03. The van der Waals surface area contributed by atoms with Crippen LogP contribution >= 0.6 is 7.82 Å². The molecule has 0 saturated carbocycles. The Bertz CT molecular complexity index is 714. The fourth-order valence-electron chi connectivity index (χ4n) is 2.45. The highest BCUT2D eigenvalue weighted by atomic mass is 31.2. The molecule has 1 aromatic carbocycles. The molecule has 9 nitrogen and oxygen atoms in total. The minimum Gasteiger partial charge on any atom is -0.387 e. The van der Waals surface area contributed by atoms with E-state index in [1.807, 2.05) is 6.07 Å². The standard InChI is InChI=1S/C12H15N2O7P/c15-10-9(5-20-22(17,18)19)21-12(11(10)16)14-6-13-7-3-1-2-4-8(7)14/h1-4,6,9-12,15-16H,5H2,(H2,17,18,19)/t9-,10-,11-,12-/m1/s1. The first-order chi connectivity index (χ1) is 10.4. The number of hydrogen-bond acceptors (Lipinski definition) is 6. The van der Waals surface area contributed by atoms with Crippen LogP contribution < -0.4 is 0 Å². The van der Waals surface area contributed by atoms with Crippen LogP contribution in [0.2, 0.25) is 0 Å². The SMILES string of the molecule is O=P(O)(O)OC[C@H]1O[C@@H](n2cnc3ccccc32)[C@H](O)[C@@H]1O. The molecule has 120 valence electrons. The van der Waals surface area contributed by atoms with Crippen molar-refractivity contribution in [1.82, 2.24) is 9.55 Å². The largest absolute Gasteiger partial charge is 0.469 e. The zero-order valence-electron chi connectivity index (χ0n) is 11.3. The maximum Gasteiger partial charge on any atom is 0.469 e. The lowest BCUT2D eigenvalue weighted by Gasteiger charge is -2.17. The van der Waals surface area contributed by atoms with Crippen LogP contribution in [0.15, 0.2) is 30.6 Å². The van der Waals surface area contributed by atoms with Gasteiger partial charge in [0.2, 0.25) is 0 Å². The maximum absolute atomic E-state index is 10.7. The van der Waals surface area contributed by atoms with E-state index in [2.05, 4.69) is 9.51 Å². The van der Waals surface area contributed by atoms with Gasteiger partial charge in [-0.05, 0) is 12.1 Å². The van der Waals surface area contributed by atoms with Crippen molar-refractivity contribution in [3.05, 3.63) is 30.6 Å². The molecule has 22 heavy (non-hydrogen) atoms. The van der Waals surface area contributed by atoms with Crippen molar-refractivity contribution in [2.45, 2.75) is 24.5 Å². The normalized spacial score (nSPS) is 29.3. The van der Waals surface area contributed by atoms with Crippen molar-refractivity contribution in [2.75, 3.05) is 6.61 Å². The van der Waals surface area contributed by atoms with Crippen LogP contribution in [0.25, 0.3) is 11.0 Å². The zero-order chi connectivity index (χ0) is 15.9. The van der Waals surface area contributed by atoms with Gasteiger partial charge < -0.3 is 29.3 Å². The van der Waals surface area contributed by atoms with Gasteiger partial charge in [-0.25, -0.2) is 9.55 Å². The highest BCUT2D eigenvalue weighted by molar-refractivity contribution is 7.46.